The zero-order chi connectivity index (χ0) is 7.98. The monoisotopic (exact) mass is 147 g/mol. The minimum absolute atomic E-state index is 0.215. The molecule has 0 radical (unpaired) electrons. The summed E-state index contributed by atoms with van der Waals surface area (Å²) >= 11 is 0. The first kappa shape index (κ1) is 9.39. The van der Waals surface area contributed by atoms with Crippen LogP contribution in [-0.2, 0) is 14.3 Å². The van der Waals surface area contributed by atoms with Crippen molar-refractivity contribution in [2.24, 2.45) is 5.73 Å². The second-order valence-electron chi connectivity index (χ2n) is 1.87. The van der Waals surface area contributed by atoms with E-state index in [2.05, 4.69) is 4.74 Å². The largest absolute Gasteiger partial charge is 0.469 e. The number of nitrogens with two attached hydrogens (primary N) is 1. The van der Waals surface area contributed by atoms with Crippen molar-refractivity contribution >= 4 is 5.97 Å². The molecule has 0 aromatic carbocycles. The topological polar surface area (TPSA) is 61.5 Å². The number of methoxy groups -OCH3 is 2. The Hall–Kier alpha value is -0.610. The van der Waals surface area contributed by atoms with Crippen LogP contribution in [0.15, 0.2) is 0 Å². The summed E-state index contributed by atoms with van der Waals surface area (Å²) in [7, 11) is 2.85. The quantitative estimate of drug-likeness (QED) is 0.546. The van der Waals surface area contributed by atoms with Gasteiger partial charge in [0.05, 0.1) is 19.6 Å². The molecule has 0 unspecified atom stereocenters. The maximum atomic E-state index is 10.6. The van der Waals surface area contributed by atoms with Crippen LogP contribution in [0.3, 0.4) is 0 Å². The van der Waals surface area contributed by atoms with Crippen molar-refractivity contribution in [1.29, 1.82) is 0 Å². The molecule has 60 valence electrons. The van der Waals surface area contributed by atoms with Gasteiger partial charge < -0.3 is 15.2 Å². The molecule has 0 spiro atoms. The van der Waals surface area contributed by atoms with Crippen molar-refractivity contribution in [3.8, 4) is 0 Å². The van der Waals surface area contributed by atoms with Crippen LogP contribution in [0.5, 0.6) is 0 Å². The number of hydrogen-bond donors (Lipinski definition) is 1. The average molecular weight is 147 g/mol. The first-order valence-corrected chi connectivity index (χ1v) is 3.04. The van der Waals surface area contributed by atoms with Crippen LogP contribution < -0.4 is 5.73 Å². The lowest BCUT2D eigenvalue weighted by molar-refractivity contribution is -0.143. The molecule has 0 amide bonds. The summed E-state index contributed by atoms with van der Waals surface area (Å²) in [5.74, 6) is -0.294. The van der Waals surface area contributed by atoms with Crippen molar-refractivity contribution in [2.45, 2.75) is 12.5 Å². The van der Waals surface area contributed by atoms with E-state index >= 15 is 0 Å². The van der Waals surface area contributed by atoms with Crippen LogP contribution in [0, 0.1) is 0 Å². The van der Waals surface area contributed by atoms with Gasteiger partial charge in [0.2, 0.25) is 0 Å². The summed E-state index contributed by atoms with van der Waals surface area (Å²) in [5.41, 5.74) is 5.25. The van der Waals surface area contributed by atoms with Crippen LogP contribution in [0.2, 0.25) is 0 Å². The van der Waals surface area contributed by atoms with E-state index in [1.165, 1.54) is 14.2 Å². The fraction of sp³-hybridized carbons (Fsp3) is 0.833. The molecule has 0 saturated carbocycles. The average Bonchev–Trinajstić information content (AvgIpc) is 1.99. The first-order chi connectivity index (χ1) is 4.74. The van der Waals surface area contributed by atoms with Crippen LogP contribution in [0.1, 0.15) is 6.42 Å². The number of carbonyl (C=O) groups excluding carboxylic acids is 1. The standard InChI is InChI=1S/C6H13NO3/c1-9-5(4-7)3-6(8)10-2/h5H,3-4,7H2,1-2H3/t5-/m1/s1. The predicted molar refractivity (Wildman–Crippen MR) is 36.5 cm³/mol. The van der Waals surface area contributed by atoms with E-state index in [0.29, 0.717) is 6.54 Å². The van der Waals surface area contributed by atoms with Gasteiger partial charge in [0.15, 0.2) is 0 Å². The highest BCUT2D eigenvalue weighted by molar-refractivity contribution is 5.69. The summed E-state index contributed by atoms with van der Waals surface area (Å²) in [6, 6.07) is 0. The highest BCUT2D eigenvalue weighted by atomic mass is 16.5. The minimum atomic E-state index is -0.294. The van der Waals surface area contributed by atoms with Crippen molar-refractivity contribution < 1.29 is 14.3 Å². The third kappa shape index (κ3) is 3.42. The highest BCUT2D eigenvalue weighted by Gasteiger charge is 2.10. The molecule has 0 aliphatic heterocycles. The van der Waals surface area contributed by atoms with Gasteiger partial charge in [-0.25, -0.2) is 0 Å². The maximum absolute atomic E-state index is 10.6. The van der Waals surface area contributed by atoms with E-state index in [1.807, 2.05) is 0 Å². The molecule has 0 aromatic heterocycles. The minimum Gasteiger partial charge on any atom is -0.469 e. The summed E-state index contributed by atoms with van der Waals surface area (Å²) < 4.78 is 9.26. The van der Waals surface area contributed by atoms with Crippen LogP contribution in [-0.4, -0.2) is 32.8 Å². The van der Waals surface area contributed by atoms with E-state index in [-0.39, 0.29) is 18.5 Å². The molecule has 0 fully saturated rings. The molecule has 0 aromatic rings. The second kappa shape index (κ2) is 5.20. The predicted octanol–water partition coefficient (Wildman–Crippen LogP) is -0.477. The number of ether oxygens (including phenoxy) is 2. The smallest absolute Gasteiger partial charge is 0.308 e. The Bertz CT molecular complexity index is 101. The lowest BCUT2D eigenvalue weighted by Gasteiger charge is -2.09. The maximum Gasteiger partial charge on any atom is 0.308 e. The third-order valence-electron chi connectivity index (χ3n) is 1.22. The van der Waals surface area contributed by atoms with Gasteiger partial charge >= 0.3 is 5.97 Å². The molecule has 4 heteroatoms. The van der Waals surface area contributed by atoms with Crippen molar-refractivity contribution in [3.05, 3.63) is 0 Å². The Morgan fingerprint density at radius 2 is 2.20 bits per heavy atom. The van der Waals surface area contributed by atoms with Crippen LogP contribution in [0.25, 0.3) is 0 Å². The number of esters is 1. The van der Waals surface area contributed by atoms with Crippen LogP contribution in [0.4, 0.5) is 0 Å². The number of carbonyl (C=O) groups is 1. The zero-order valence-electron chi connectivity index (χ0n) is 6.29. The normalized spacial score (nSPS) is 12.7. The van der Waals surface area contributed by atoms with Gasteiger partial charge in [-0.2, -0.15) is 0 Å². The van der Waals surface area contributed by atoms with Crippen molar-refractivity contribution in [1.82, 2.24) is 0 Å². The van der Waals surface area contributed by atoms with Gasteiger partial charge in [0.1, 0.15) is 0 Å². The fourth-order valence-corrected chi connectivity index (χ4v) is 0.532. The van der Waals surface area contributed by atoms with E-state index in [0.717, 1.165) is 0 Å². The van der Waals surface area contributed by atoms with E-state index in [9.17, 15) is 4.79 Å². The second-order valence-corrected chi connectivity index (χ2v) is 1.87. The van der Waals surface area contributed by atoms with Gasteiger partial charge in [0.25, 0.3) is 0 Å². The van der Waals surface area contributed by atoms with E-state index in [1.54, 1.807) is 0 Å². The fourth-order valence-electron chi connectivity index (χ4n) is 0.532. The van der Waals surface area contributed by atoms with Gasteiger partial charge in [-0.05, 0) is 0 Å². The Balaban J connectivity index is 3.52. The van der Waals surface area contributed by atoms with Crippen molar-refractivity contribution in [2.75, 3.05) is 20.8 Å². The molecule has 0 heterocycles. The molecule has 0 rings (SSSR count). The number of hydrogen-bond acceptors (Lipinski definition) is 4. The van der Waals surface area contributed by atoms with Gasteiger partial charge in [-0.15, -0.1) is 0 Å². The lowest BCUT2D eigenvalue weighted by Crippen LogP contribution is -2.25. The van der Waals surface area contributed by atoms with Gasteiger partial charge in [-0.3, -0.25) is 4.79 Å². The summed E-state index contributed by atoms with van der Waals surface area (Å²) in [6.07, 6.45) is 0.0104. The Labute approximate surface area is 60.3 Å². The third-order valence-corrected chi connectivity index (χ3v) is 1.22. The van der Waals surface area contributed by atoms with Gasteiger partial charge in [0, 0.05) is 13.7 Å². The molecular weight excluding hydrogens is 134 g/mol. The molecule has 1 atom stereocenters. The zero-order valence-corrected chi connectivity index (χ0v) is 6.29. The van der Waals surface area contributed by atoms with E-state index < -0.39 is 0 Å². The Morgan fingerprint density at radius 1 is 1.60 bits per heavy atom. The molecule has 10 heavy (non-hydrogen) atoms. The lowest BCUT2D eigenvalue weighted by atomic mass is 10.2. The molecule has 0 saturated heterocycles. The molecule has 2 N–H and O–H groups in total. The highest BCUT2D eigenvalue weighted by Crippen LogP contribution is 1.95. The molecule has 0 aliphatic carbocycles. The first-order valence-electron chi connectivity index (χ1n) is 3.04. The Kier molecular flexibility index (Phi) is 4.88. The SMILES string of the molecule is COC(=O)C[C@H](CN)OC. The van der Waals surface area contributed by atoms with E-state index in [4.69, 9.17) is 10.5 Å². The summed E-state index contributed by atoms with van der Waals surface area (Å²) in [6.45, 7) is 0.339. The molecular formula is C6H13NO3. The summed E-state index contributed by atoms with van der Waals surface area (Å²) in [4.78, 5) is 10.6. The number of rotatable bonds is 4. The van der Waals surface area contributed by atoms with Gasteiger partial charge in [-0.1, -0.05) is 0 Å². The molecule has 0 aliphatic rings. The van der Waals surface area contributed by atoms with Crippen LogP contribution >= 0.6 is 0 Å². The summed E-state index contributed by atoms with van der Waals surface area (Å²) in [5, 5.41) is 0. The Morgan fingerprint density at radius 3 is 2.50 bits per heavy atom. The molecule has 4 nitrogen and oxygen atoms in total. The molecule has 0 bridgehead atoms. The van der Waals surface area contributed by atoms with Crippen molar-refractivity contribution in [3.63, 3.8) is 0 Å².